The summed E-state index contributed by atoms with van der Waals surface area (Å²) >= 11 is 0. The number of ether oxygens (including phenoxy) is 2. The van der Waals surface area contributed by atoms with Gasteiger partial charge in [-0.25, -0.2) is 0 Å². The molecule has 0 spiro atoms. The first-order valence-electron chi connectivity index (χ1n) is 11.7. The normalized spacial score (nSPS) is 15.2. The number of β-lactam (4-membered cyclic amide) rings is 1. The van der Waals surface area contributed by atoms with Gasteiger partial charge in [0, 0.05) is 30.5 Å². The number of benzene rings is 3. The lowest BCUT2D eigenvalue weighted by Gasteiger charge is -2.46. The van der Waals surface area contributed by atoms with E-state index in [1.165, 1.54) is 0 Å². The van der Waals surface area contributed by atoms with Crippen molar-refractivity contribution in [3.05, 3.63) is 95.6 Å². The van der Waals surface area contributed by atoms with E-state index in [1.54, 1.807) is 14.2 Å². The first-order chi connectivity index (χ1) is 16.6. The molecule has 1 heterocycles. The topological polar surface area (TPSA) is 55.8 Å². The zero-order chi connectivity index (χ0) is 23.9. The lowest BCUT2D eigenvalue weighted by atomic mass is 9.88. The summed E-state index contributed by atoms with van der Waals surface area (Å²) < 4.78 is 10.6. The Balaban J connectivity index is 1.49. The summed E-state index contributed by atoms with van der Waals surface area (Å²) in [6.45, 7) is 0. The van der Waals surface area contributed by atoms with Crippen LogP contribution in [0.5, 0.6) is 11.5 Å². The van der Waals surface area contributed by atoms with Crippen LogP contribution < -0.4 is 9.47 Å². The third-order valence-electron chi connectivity index (χ3n) is 6.55. The first-order valence-corrected chi connectivity index (χ1v) is 11.7. The van der Waals surface area contributed by atoms with Crippen LogP contribution in [-0.4, -0.2) is 42.9 Å². The Hall–Kier alpha value is -3.60. The second kappa shape index (κ2) is 11.0. The summed E-state index contributed by atoms with van der Waals surface area (Å²) in [4.78, 5) is 27.4. The van der Waals surface area contributed by atoms with Crippen LogP contribution in [0.3, 0.4) is 0 Å². The predicted octanol–water partition coefficient (Wildman–Crippen LogP) is 5.12. The first kappa shape index (κ1) is 23.6. The van der Waals surface area contributed by atoms with Crippen LogP contribution in [0.4, 0.5) is 0 Å². The maximum absolute atomic E-state index is 12.8. The van der Waals surface area contributed by atoms with Crippen molar-refractivity contribution in [3.8, 4) is 11.5 Å². The van der Waals surface area contributed by atoms with Gasteiger partial charge in [-0.15, -0.1) is 0 Å². The fourth-order valence-corrected chi connectivity index (χ4v) is 4.64. The van der Waals surface area contributed by atoms with Crippen molar-refractivity contribution >= 4 is 11.7 Å². The Labute approximate surface area is 201 Å². The average Bonchev–Trinajstić information content (AvgIpc) is 2.87. The maximum atomic E-state index is 12.8. The highest BCUT2D eigenvalue weighted by Crippen LogP contribution is 2.30. The summed E-state index contributed by atoms with van der Waals surface area (Å²) in [5.41, 5.74) is 3.03. The van der Waals surface area contributed by atoms with Crippen LogP contribution in [0.1, 0.15) is 40.7 Å². The highest BCUT2D eigenvalue weighted by atomic mass is 16.5. The van der Waals surface area contributed by atoms with Crippen LogP contribution in [0.25, 0.3) is 0 Å². The van der Waals surface area contributed by atoms with Gasteiger partial charge >= 0.3 is 0 Å². The lowest BCUT2D eigenvalue weighted by molar-refractivity contribution is -0.150. The standard InChI is InChI=1S/C29H31NO4/c1-33-26-13-8-21(9-14-26)18-25(19-22-10-15-27(34-2)16-11-22)30-24(20-29(30)32)12-17-28(31)23-6-4-3-5-7-23/h3-11,13-16,24-25H,12,17-20H2,1-2H3. The number of Topliss-reactive ketones (excluding diaryl/α,β-unsaturated/α-hetero) is 1. The molecule has 0 aliphatic carbocycles. The molecule has 1 saturated heterocycles. The van der Waals surface area contributed by atoms with Crippen LogP contribution in [-0.2, 0) is 17.6 Å². The quantitative estimate of drug-likeness (QED) is 0.296. The minimum Gasteiger partial charge on any atom is -0.497 e. The van der Waals surface area contributed by atoms with Gasteiger partial charge in [0.2, 0.25) is 5.91 Å². The molecule has 5 nitrogen and oxygen atoms in total. The molecule has 0 bridgehead atoms. The van der Waals surface area contributed by atoms with Gasteiger partial charge in [-0.3, -0.25) is 9.59 Å². The maximum Gasteiger partial charge on any atom is 0.225 e. The van der Waals surface area contributed by atoms with E-state index in [2.05, 4.69) is 24.3 Å². The van der Waals surface area contributed by atoms with Gasteiger partial charge < -0.3 is 14.4 Å². The van der Waals surface area contributed by atoms with Crippen molar-refractivity contribution in [1.82, 2.24) is 4.90 Å². The van der Waals surface area contributed by atoms with Crippen LogP contribution in [0.2, 0.25) is 0 Å². The molecule has 0 N–H and O–H groups in total. The Morgan fingerprint density at radius 1 is 0.853 bits per heavy atom. The number of ketones is 1. The highest BCUT2D eigenvalue weighted by Gasteiger charge is 2.40. The molecule has 3 aromatic carbocycles. The summed E-state index contributed by atoms with van der Waals surface area (Å²) in [5.74, 6) is 1.91. The van der Waals surface area contributed by atoms with E-state index < -0.39 is 0 Å². The van der Waals surface area contributed by atoms with Gasteiger partial charge in [0.25, 0.3) is 0 Å². The predicted molar refractivity (Wildman–Crippen MR) is 132 cm³/mol. The summed E-state index contributed by atoms with van der Waals surface area (Å²) in [5, 5.41) is 0. The summed E-state index contributed by atoms with van der Waals surface area (Å²) in [6, 6.07) is 25.5. The second-order valence-corrected chi connectivity index (χ2v) is 8.75. The molecule has 1 amide bonds. The third kappa shape index (κ3) is 5.66. The van der Waals surface area contributed by atoms with Crippen molar-refractivity contribution in [3.63, 3.8) is 0 Å². The fraction of sp³-hybridized carbons (Fsp3) is 0.310. The Morgan fingerprint density at radius 3 is 1.85 bits per heavy atom. The van der Waals surface area contributed by atoms with E-state index in [9.17, 15) is 9.59 Å². The zero-order valence-electron chi connectivity index (χ0n) is 19.8. The molecular formula is C29H31NO4. The van der Waals surface area contributed by atoms with Gasteiger partial charge in [0.1, 0.15) is 11.5 Å². The average molecular weight is 458 g/mol. The Morgan fingerprint density at radius 2 is 1.38 bits per heavy atom. The molecule has 1 fully saturated rings. The lowest BCUT2D eigenvalue weighted by Crippen LogP contribution is -2.58. The molecule has 0 aromatic heterocycles. The van der Waals surface area contributed by atoms with Gasteiger partial charge in [-0.2, -0.15) is 0 Å². The minimum absolute atomic E-state index is 0.0138. The van der Waals surface area contributed by atoms with Crippen molar-refractivity contribution < 1.29 is 19.1 Å². The van der Waals surface area contributed by atoms with Gasteiger partial charge in [-0.1, -0.05) is 54.6 Å². The molecule has 1 aliphatic heterocycles. The van der Waals surface area contributed by atoms with Gasteiger partial charge in [-0.05, 0) is 54.7 Å². The van der Waals surface area contributed by atoms with E-state index in [1.807, 2.05) is 59.5 Å². The van der Waals surface area contributed by atoms with Crippen LogP contribution in [0, 0.1) is 0 Å². The molecule has 1 atom stereocenters. The summed E-state index contributed by atoms with van der Waals surface area (Å²) in [6.07, 6.45) is 3.11. The van der Waals surface area contributed by atoms with Crippen molar-refractivity contribution in [2.45, 2.75) is 44.2 Å². The van der Waals surface area contributed by atoms with E-state index >= 15 is 0 Å². The molecule has 1 unspecified atom stereocenters. The minimum atomic E-state index is 0.0138. The molecule has 0 saturated carbocycles. The number of rotatable bonds is 11. The molecule has 5 heteroatoms. The smallest absolute Gasteiger partial charge is 0.225 e. The van der Waals surface area contributed by atoms with Gasteiger partial charge in [0.05, 0.1) is 14.2 Å². The Kier molecular flexibility index (Phi) is 7.63. The molecule has 1 aliphatic rings. The number of carbonyl (C=O) groups excluding carboxylic acids is 2. The van der Waals surface area contributed by atoms with Crippen LogP contribution in [0.15, 0.2) is 78.9 Å². The number of hydrogen-bond donors (Lipinski definition) is 0. The molecule has 176 valence electrons. The molecule has 3 aromatic rings. The zero-order valence-corrected chi connectivity index (χ0v) is 19.8. The Bertz CT molecular complexity index is 1040. The number of methoxy groups -OCH3 is 2. The van der Waals surface area contributed by atoms with E-state index in [-0.39, 0.29) is 23.8 Å². The monoisotopic (exact) mass is 457 g/mol. The third-order valence-corrected chi connectivity index (χ3v) is 6.55. The largest absolute Gasteiger partial charge is 0.497 e. The number of nitrogens with zero attached hydrogens (tertiary/aromatic N) is 1. The molecule has 34 heavy (non-hydrogen) atoms. The van der Waals surface area contributed by atoms with Crippen molar-refractivity contribution in [2.75, 3.05) is 14.2 Å². The highest BCUT2D eigenvalue weighted by molar-refractivity contribution is 5.96. The number of amides is 1. The second-order valence-electron chi connectivity index (χ2n) is 8.75. The van der Waals surface area contributed by atoms with E-state index in [0.29, 0.717) is 19.3 Å². The number of carbonyl (C=O) groups is 2. The van der Waals surface area contributed by atoms with Crippen molar-refractivity contribution in [1.29, 1.82) is 0 Å². The van der Waals surface area contributed by atoms with E-state index in [0.717, 1.165) is 41.0 Å². The molecule has 0 radical (unpaired) electrons. The number of hydrogen-bond acceptors (Lipinski definition) is 4. The SMILES string of the molecule is COc1ccc(CC(Cc2ccc(OC)cc2)N2C(=O)CC2CCC(=O)c2ccccc2)cc1. The van der Waals surface area contributed by atoms with Gasteiger partial charge in [0.15, 0.2) is 5.78 Å². The fourth-order valence-electron chi connectivity index (χ4n) is 4.64. The van der Waals surface area contributed by atoms with Crippen molar-refractivity contribution in [2.24, 2.45) is 0 Å². The molecular weight excluding hydrogens is 426 g/mol. The number of likely N-dealkylation sites (tertiary alicyclic amines) is 1. The summed E-state index contributed by atoms with van der Waals surface area (Å²) in [7, 11) is 3.31. The van der Waals surface area contributed by atoms with E-state index in [4.69, 9.17) is 9.47 Å². The van der Waals surface area contributed by atoms with Crippen LogP contribution >= 0.6 is 0 Å². The molecule has 4 rings (SSSR count).